The number of hydrogen-bond acceptors (Lipinski definition) is 4. The molecule has 8 heteroatoms. The van der Waals surface area contributed by atoms with Gasteiger partial charge in [0.2, 0.25) is 0 Å². The van der Waals surface area contributed by atoms with Crippen LogP contribution >= 0.6 is 0 Å². The predicted octanol–water partition coefficient (Wildman–Crippen LogP) is 5.73. The molecule has 3 aromatic rings. The molecule has 1 aliphatic heterocycles. The van der Waals surface area contributed by atoms with E-state index in [1.807, 2.05) is 48.5 Å². The van der Waals surface area contributed by atoms with Gasteiger partial charge in [-0.25, -0.2) is 4.79 Å². The molecule has 1 heterocycles. The van der Waals surface area contributed by atoms with Gasteiger partial charge in [-0.3, -0.25) is 4.90 Å². The molecule has 34 heavy (non-hydrogen) atoms. The number of amides is 1. The van der Waals surface area contributed by atoms with Crippen LogP contribution in [0.4, 0.5) is 18.0 Å². The van der Waals surface area contributed by atoms with Crippen molar-refractivity contribution in [2.75, 3.05) is 26.4 Å². The molecule has 1 N–H and O–H groups in total. The minimum Gasteiger partial charge on any atom is -0.508 e. The van der Waals surface area contributed by atoms with Crippen LogP contribution in [0.15, 0.2) is 66.7 Å². The van der Waals surface area contributed by atoms with Crippen LogP contribution in [0.2, 0.25) is 0 Å². The zero-order valence-corrected chi connectivity index (χ0v) is 18.1. The Morgan fingerprint density at radius 1 is 1.00 bits per heavy atom. The van der Waals surface area contributed by atoms with Crippen LogP contribution in [0.1, 0.15) is 34.2 Å². The van der Waals surface area contributed by atoms with Crippen LogP contribution in [0, 0.1) is 0 Å². The fourth-order valence-corrected chi connectivity index (χ4v) is 4.76. The van der Waals surface area contributed by atoms with Gasteiger partial charge < -0.3 is 14.6 Å². The monoisotopic (exact) mass is 469 g/mol. The maximum absolute atomic E-state index is 13.1. The third-order valence-corrected chi connectivity index (χ3v) is 6.42. The second-order valence-electron chi connectivity index (χ2n) is 8.36. The average Bonchev–Trinajstić information content (AvgIpc) is 3.16. The molecule has 1 aliphatic carbocycles. The summed E-state index contributed by atoms with van der Waals surface area (Å²) in [5.41, 5.74) is 3.60. The second kappa shape index (κ2) is 8.68. The molecular formula is C26H22F3NO4. The molecule has 1 unspecified atom stereocenters. The van der Waals surface area contributed by atoms with E-state index in [1.165, 1.54) is 11.0 Å². The van der Waals surface area contributed by atoms with Crippen molar-refractivity contribution in [3.05, 3.63) is 89.0 Å². The quantitative estimate of drug-likeness (QED) is 0.532. The van der Waals surface area contributed by atoms with E-state index in [2.05, 4.69) is 0 Å². The number of phenols is 1. The summed E-state index contributed by atoms with van der Waals surface area (Å²) in [4.78, 5) is 14.5. The molecule has 0 saturated carbocycles. The van der Waals surface area contributed by atoms with Gasteiger partial charge in [-0.15, -0.1) is 0 Å². The lowest BCUT2D eigenvalue weighted by atomic mass is 9.98. The first kappa shape index (κ1) is 22.3. The number of halogens is 3. The predicted molar refractivity (Wildman–Crippen MR) is 118 cm³/mol. The van der Waals surface area contributed by atoms with E-state index in [9.17, 15) is 23.1 Å². The molecule has 1 atom stereocenters. The summed E-state index contributed by atoms with van der Waals surface area (Å²) in [7, 11) is 0. The van der Waals surface area contributed by atoms with Crippen LogP contribution in [0.5, 0.6) is 5.75 Å². The Balaban J connectivity index is 1.35. The molecule has 0 radical (unpaired) electrons. The Hall–Kier alpha value is -3.52. The smallest absolute Gasteiger partial charge is 0.416 e. The number of hydrogen-bond donors (Lipinski definition) is 1. The van der Waals surface area contributed by atoms with E-state index in [0.717, 1.165) is 28.3 Å². The lowest BCUT2D eigenvalue weighted by molar-refractivity contribution is -0.137. The number of alkyl halides is 3. The fraction of sp³-hybridized carbons (Fsp3) is 0.269. The Kier molecular flexibility index (Phi) is 5.69. The van der Waals surface area contributed by atoms with Crippen molar-refractivity contribution >= 4 is 6.09 Å². The molecule has 0 spiro atoms. The molecule has 5 rings (SSSR count). The molecule has 5 nitrogen and oxygen atoms in total. The van der Waals surface area contributed by atoms with Crippen LogP contribution in [0.3, 0.4) is 0 Å². The SMILES string of the molecule is O=C(OCC1c2ccccc2-c2ccccc21)N1CCOCC1c1ccc(C(F)(F)F)cc1O. The van der Waals surface area contributed by atoms with Crippen LogP contribution in [0.25, 0.3) is 11.1 Å². The number of rotatable bonds is 3. The van der Waals surface area contributed by atoms with Gasteiger partial charge in [-0.05, 0) is 34.4 Å². The highest BCUT2D eigenvalue weighted by atomic mass is 19.4. The zero-order chi connectivity index (χ0) is 23.9. The third-order valence-electron chi connectivity index (χ3n) is 6.42. The first-order chi connectivity index (χ1) is 16.3. The molecule has 176 valence electrons. The van der Waals surface area contributed by atoms with Gasteiger partial charge in [-0.1, -0.05) is 54.6 Å². The normalized spacial score (nSPS) is 17.9. The number of ether oxygens (including phenoxy) is 2. The Morgan fingerprint density at radius 3 is 2.26 bits per heavy atom. The number of aromatic hydroxyl groups is 1. The van der Waals surface area contributed by atoms with Gasteiger partial charge in [0.25, 0.3) is 0 Å². The number of carbonyl (C=O) groups excluding carboxylic acids is 1. The zero-order valence-electron chi connectivity index (χ0n) is 18.1. The van der Waals surface area contributed by atoms with E-state index in [-0.39, 0.29) is 37.8 Å². The molecule has 1 amide bonds. The third kappa shape index (κ3) is 3.98. The number of phenolic OH excluding ortho intramolecular Hbond substituents is 1. The fourth-order valence-electron chi connectivity index (χ4n) is 4.76. The van der Waals surface area contributed by atoms with Crippen LogP contribution < -0.4 is 0 Å². The van der Waals surface area contributed by atoms with Crippen molar-refractivity contribution in [2.45, 2.75) is 18.1 Å². The largest absolute Gasteiger partial charge is 0.508 e. The maximum atomic E-state index is 13.1. The number of morpholine rings is 1. The summed E-state index contributed by atoms with van der Waals surface area (Å²) in [5.74, 6) is -0.655. The summed E-state index contributed by atoms with van der Waals surface area (Å²) in [6.45, 7) is 0.628. The lowest BCUT2D eigenvalue weighted by Gasteiger charge is -2.35. The molecule has 0 aromatic heterocycles. The van der Waals surface area contributed by atoms with Gasteiger partial charge in [-0.2, -0.15) is 13.2 Å². The number of carbonyl (C=O) groups is 1. The first-order valence-corrected chi connectivity index (χ1v) is 10.9. The van der Waals surface area contributed by atoms with E-state index in [1.54, 1.807) is 0 Å². The minimum absolute atomic E-state index is 0.0448. The highest BCUT2D eigenvalue weighted by Gasteiger charge is 2.36. The Morgan fingerprint density at radius 2 is 1.65 bits per heavy atom. The summed E-state index contributed by atoms with van der Waals surface area (Å²) in [6, 6.07) is 17.9. The summed E-state index contributed by atoms with van der Waals surface area (Å²) in [5, 5.41) is 10.3. The minimum atomic E-state index is -4.58. The van der Waals surface area contributed by atoms with E-state index in [0.29, 0.717) is 6.07 Å². The van der Waals surface area contributed by atoms with Gasteiger partial charge in [0.15, 0.2) is 0 Å². The standard InChI is InChI=1S/C26H22F3NO4/c27-26(28,29)16-9-10-21(24(31)13-16)23-15-33-12-11-30(23)25(32)34-14-22-19-7-3-1-5-17(19)18-6-2-4-8-20(18)22/h1-10,13,22-23,31H,11-12,14-15H2. The molecule has 2 aliphatic rings. The summed E-state index contributed by atoms with van der Waals surface area (Å²) in [6.07, 6.45) is -5.18. The van der Waals surface area contributed by atoms with Crippen LogP contribution in [-0.4, -0.2) is 42.5 Å². The lowest BCUT2D eigenvalue weighted by Crippen LogP contribution is -2.44. The van der Waals surface area contributed by atoms with E-state index in [4.69, 9.17) is 9.47 Å². The first-order valence-electron chi connectivity index (χ1n) is 10.9. The summed E-state index contributed by atoms with van der Waals surface area (Å²) >= 11 is 0. The molecule has 1 saturated heterocycles. The van der Waals surface area contributed by atoms with Crippen molar-refractivity contribution in [1.29, 1.82) is 0 Å². The molecule has 3 aromatic carbocycles. The second-order valence-corrected chi connectivity index (χ2v) is 8.36. The molecule has 0 bridgehead atoms. The summed E-state index contributed by atoms with van der Waals surface area (Å²) < 4.78 is 50.1. The van der Waals surface area contributed by atoms with E-state index < -0.39 is 29.6 Å². The average molecular weight is 469 g/mol. The van der Waals surface area contributed by atoms with Crippen molar-refractivity contribution in [2.24, 2.45) is 0 Å². The van der Waals surface area contributed by atoms with E-state index >= 15 is 0 Å². The van der Waals surface area contributed by atoms with Gasteiger partial charge >= 0.3 is 12.3 Å². The van der Waals surface area contributed by atoms with Crippen molar-refractivity contribution in [1.82, 2.24) is 4.90 Å². The van der Waals surface area contributed by atoms with Gasteiger partial charge in [0.05, 0.1) is 24.8 Å². The highest BCUT2D eigenvalue weighted by molar-refractivity contribution is 5.79. The number of fused-ring (bicyclic) bond motifs is 3. The van der Waals surface area contributed by atoms with Crippen molar-refractivity contribution < 1.29 is 32.5 Å². The topological polar surface area (TPSA) is 59.0 Å². The molecule has 1 fully saturated rings. The molecular weight excluding hydrogens is 447 g/mol. The van der Waals surface area contributed by atoms with Gasteiger partial charge in [0, 0.05) is 18.0 Å². The Labute approximate surface area is 194 Å². The maximum Gasteiger partial charge on any atom is 0.416 e. The van der Waals surface area contributed by atoms with Gasteiger partial charge in [0.1, 0.15) is 12.4 Å². The van der Waals surface area contributed by atoms with Crippen LogP contribution in [-0.2, 0) is 15.7 Å². The van der Waals surface area contributed by atoms with Crippen molar-refractivity contribution in [3.8, 4) is 16.9 Å². The number of nitrogens with zero attached hydrogens (tertiary/aromatic N) is 1. The Bertz CT molecular complexity index is 1180. The van der Waals surface area contributed by atoms with Crippen molar-refractivity contribution in [3.63, 3.8) is 0 Å². The number of benzene rings is 3. The highest BCUT2D eigenvalue weighted by Crippen LogP contribution is 2.45.